The fourth-order valence-electron chi connectivity index (χ4n) is 3.48. The van der Waals surface area contributed by atoms with E-state index in [1.54, 1.807) is 11.9 Å². The van der Waals surface area contributed by atoms with E-state index in [2.05, 4.69) is 0 Å². The maximum absolute atomic E-state index is 13.4. The minimum atomic E-state index is -0.872. The molecule has 0 unspecified atom stereocenters. The molecule has 1 saturated carbocycles. The molecule has 27 heavy (non-hydrogen) atoms. The first kappa shape index (κ1) is 19.2. The molecule has 4 heteroatoms. The highest BCUT2D eigenvalue weighted by Gasteiger charge is 2.59. The third kappa shape index (κ3) is 4.21. The maximum Gasteiger partial charge on any atom is 0.238 e. The van der Waals surface area contributed by atoms with Gasteiger partial charge in [0.2, 0.25) is 11.8 Å². The molecule has 4 nitrogen and oxygen atoms in total. The zero-order valence-electron chi connectivity index (χ0n) is 16.4. The molecule has 0 spiro atoms. The van der Waals surface area contributed by atoms with Crippen molar-refractivity contribution in [3.8, 4) is 0 Å². The third-order valence-electron chi connectivity index (χ3n) is 5.26. The van der Waals surface area contributed by atoms with E-state index in [1.807, 2.05) is 79.4 Å². The molecule has 1 fully saturated rings. The first-order chi connectivity index (χ1) is 12.9. The van der Waals surface area contributed by atoms with Crippen LogP contribution in [0.2, 0.25) is 0 Å². The zero-order chi connectivity index (χ0) is 19.4. The Morgan fingerprint density at radius 3 is 1.78 bits per heavy atom. The largest absolute Gasteiger partial charge is 0.340 e. The van der Waals surface area contributed by atoms with Crippen LogP contribution in [0.5, 0.6) is 0 Å². The van der Waals surface area contributed by atoms with Gasteiger partial charge in [0, 0.05) is 26.2 Å². The summed E-state index contributed by atoms with van der Waals surface area (Å²) in [6.45, 7) is 5.08. The number of rotatable bonds is 7. The summed E-state index contributed by atoms with van der Waals surface area (Å²) in [6, 6.07) is 19.9. The minimum absolute atomic E-state index is 0.0359. The molecule has 2 aromatic rings. The van der Waals surface area contributed by atoms with Crippen molar-refractivity contribution in [3.63, 3.8) is 0 Å². The van der Waals surface area contributed by atoms with Crippen molar-refractivity contribution < 1.29 is 9.59 Å². The van der Waals surface area contributed by atoms with Crippen LogP contribution in [-0.2, 0) is 22.7 Å². The lowest BCUT2D eigenvalue weighted by Gasteiger charge is -2.32. The van der Waals surface area contributed by atoms with Crippen LogP contribution in [0.15, 0.2) is 60.7 Å². The molecule has 0 aromatic heterocycles. The predicted molar refractivity (Wildman–Crippen MR) is 107 cm³/mol. The Hall–Kier alpha value is -2.62. The monoisotopic (exact) mass is 364 g/mol. The molecular formula is C23H28N2O2. The van der Waals surface area contributed by atoms with E-state index in [4.69, 9.17) is 0 Å². The van der Waals surface area contributed by atoms with Gasteiger partial charge < -0.3 is 9.80 Å². The van der Waals surface area contributed by atoms with Gasteiger partial charge in [-0.15, -0.1) is 0 Å². The predicted octanol–water partition coefficient (Wildman–Crippen LogP) is 3.86. The topological polar surface area (TPSA) is 40.6 Å². The minimum Gasteiger partial charge on any atom is -0.340 e. The lowest BCUT2D eigenvalue weighted by molar-refractivity contribution is -0.150. The van der Waals surface area contributed by atoms with Gasteiger partial charge in [-0.25, -0.2) is 0 Å². The second-order valence-electron chi connectivity index (χ2n) is 7.74. The van der Waals surface area contributed by atoms with Crippen molar-refractivity contribution in [2.45, 2.75) is 45.8 Å². The van der Waals surface area contributed by atoms with Crippen LogP contribution < -0.4 is 0 Å². The summed E-state index contributed by atoms with van der Waals surface area (Å²) in [5.74, 6) is -0.0960. The lowest BCUT2D eigenvalue weighted by Crippen LogP contribution is -2.47. The Kier molecular flexibility index (Phi) is 5.64. The highest BCUT2D eigenvalue weighted by Crippen LogP contribution is 2.49. The fraction of sp³-hybridized carbons (Fsp3) is 0.391. The van der Waals surface area contributed by atoms with E-state index in [9.17, 15) is 9.59 Å². The molecule has 0 aliphatic heterocycles. The van der Waals surface area contributed by atoms with Gasteiger partial charge in [0.15, 0.2) is 0 Å². The SMILES string of the molecule is CC(C)N(Cc1ccccc1)C(=O)C1(C(=O)N(C)Cc2ccccc2)CC1. The number of carbonyl (C=O) groups is 2. The van der Waals surface area contributed by atoms with Gasteiger partial charge in [-0.3, -0.25) is 9.59 Å². The van der Waals surface area contributed by atoms with E-state index in [0.717, 1.165) is 11.1 Å². The number of hydrogen-bond acceptors (Lipinski definition) is 2. The summed E-state index contributed by atoms with van der Waals surface area (Å²) in [7, 11) is 1.79. The maximum atomic E-state index is 13.4. The molecule has 1 aliphatic rings. The first-order valence-corrected chi connectivity index (χ1v) is 9.58. The Morgan fingerprint density at radius 1 is 0.852 bits per heavy atom. The van der Waals surface area contributed by atoms with Crippen LogP contribution in [0.4, 0.5) is 0 Å². The van der Waals surface area contributed by atoms with Crippen molar-refractivity contribution in [3.05, 3.63) is 71.8 Å². The summed E-state index contributed by atoms with van der Waals surface area (Å²) in [5.41, 5.74) is 1.28. The van der Waals surface area contributed by atoms with Gasteiger partial charge in [0.25, 0.3) is 0 Å². The van der Waals surface area contributed by atoms with E-state index in [0.29, 0.717) is 25.9 Å². The van der Waals surface area contributed by atoms with Gasteiger partial charge in [-0.05, 0) is 37.8 Å². The number of nitrogens with zero attached hydrogens (tertiary/aromatic N) is 2. The average molecular weight is 364 g/mol. The van der Waals surface area contributed by atoms with Crippen molar-refractivity contribution in [1.29, 1.82) is 0 Å². The third-order valence-corrected chi connectivity index (χ3v) is 5.26. The molecule has 0 heterocycles. The summed E-state index contributed by atoms with van der Waals surface area (Å²) in [4.78, 5) is 30.0. The van der Waals surface area contributed by atoms with E-state index < -0.39 is 5.41 Å². The number of amides is 2. The standard InChI is InChI=1S/C23H28N2O2/c1-18(2)25(17-20-12-8-5-9-13-20)22(27)23(14-15-23)21(26)24(3)16-19-10-6-4-7-11-19/h4-13,18H,14-17H2,1-3H3. The van der Waals surface area contributed by atoms with Gasteiger partial charge in [-0.1, -0.05) is 60.7 Å². The number of hydrogen-bond donors (Lipinski definition) is 0. The van der Waals surface area contributed by atoms with E-state index in [-0.39, 0.29) is 17.9 Å². The highest BCUT2D eigenvalue weighted by molar-refractivity contribution is 6.07. The lowest BCUT2D eigenvalue weighted by atomic mass is 10.0. The average Bonchev–Trinajstić information content (AvgIpc) is 3.48. The van der Waals surface area contributed by atoms with Gasteiger partial charge in [0.1, 0.15) is 5.41 Å². The van der Waals surface area contributed by atoms with Crippen molar-refractivity contribution in [1.82, 2.24) is 9.80 Å². The van der Waals surface area contributed by atoms with Gasteiger partial charge in [-0.2, -0.15) is 0 Å². The van der Waals surface area contributed by atoms with Crippen LogP contribution in [0.25, 0.3) is 0 Å². The molecule has 2 amide bonds. The van der Waals surface area contributed by atoms with Crippen molar-refractivity contribution >= 4 is 11.8 Å². The van der Waals surface area contributed by atoms with Crippen LogP contribution in [0.3, 0.4) is 0 Å². The Labute approximate surface area is 161 Å². The summed E-state index contributed by atoms with van der Waals surface area (Å²) >= 11 is 0. The smallest absolute Gasteiger partial charge is 0.238 e. The molecule has 3 rings (SSSR count). The van der Waals surface area contributed by atoms with Gasteiger partial charge >= 0.3 is 0 Å². The van der Waals surface area contributed by atoms with Crippen LogP contribution in [-0.4, -0.2) is 34.7 Å². The second kappa shape index (κ2) is 7.95. The Balaban J connectivity index is 1.74. The van der Waals surface area contributed by atoms with Gasteiger partial charge in [0.05, 0.1) is 0 Å². The van der Waals surface area contributed by atoms with Crippen molar-refractivity contribution in [2.75, 3.05) is 7.05 Å². The Morgan fingerprint density at radius 2 is 1.33 bits per heavy atom. The first-order valence-electron chi connectivity index (χ1n) is 9.58. The quantitative estimate of drug-likeness (QED) is 0.700. The molecule has 0 atom stereocenters. The summed E-state index contributed by atoms with van der Waals surface area (Å²) < 4.78 is 0. The second-order valence-corrected chi connectivity index (χ2v) is 7.74. The zero-order valence-corrected chi connectivity index (χ0v) is 16.4. The van der Waals surface area contributed by atoms with Crippen LogP contribution in [0, 0.1) is 5.41 Å². The van der Waals surface area contributed by atoms with E-state index >= 15 is 0 Å². The number of carbonyl (C=O) groups excluding carboxylic acids is 2. The van der Waals surface area contributed by atoms with E-state index in [1.165, 1.54) is 0 Å². The summed E-state index contributed by atoms with van der Waals surface area (Å²) in [5, 5.41) is 0. The van der Waals surface area contributed by atoms with Crippen LogP contribution >= 0.6 is 0 Å². The van der Waals surface area contributed by atoms with Crippen LogP contribution in [0.1, 0.15) is 37.8 Å². The molecule has 142 valence electrons. The fourth-order valence-corrected chi connectivity index (χ4v) is 3.48. The van der Waals surface area contributed by atoms with Crippen molar-refractivity contribution in [2.24, 2.45) is 5.41 Å². The molecule has 0 bridgehead atoms. The molecular weight excluding hydrogens is 336 g/mol. The normalized spacial score (nSPS) is 14.7. The molecule has 1 aliphatic carbocycles. The summed E-state index contributed by atoms with van der Waals surface area (Å²) in [6.07, 6.45) is 1.28. The molecule has 2 aromatic carbocycles. The highest BCUT2D eigenvalue weighted by atomic mass is 16.2. The molecule has 0 N–H and O–H groups in total. The number of benzene rings is 2. The molecule has 0 radical (unpaired) electrons. The molecule has 0 saturated heterocycles. The Bertz CT molecular complexity index is 783.